The van der Waals surface area contributed by atoms with Crippen LogP contribution in [0.2, 0.25) is 0 Å². The molecular weight excluding hydrogens is 252 g/mol. The van der Waals surface area contributed by atoms with Crippen LogP contribution in [0.15, 0.2) is 36.5 Å². The zero-order valence-electron chi connectivity index (χ0n) is 11.6. The standard InChI is InChI=1S/C15H18N4O/c1-9(2)20-14-6-3-10(8-19-14)15(18)12-7-11(16)4-5-13(12)17/h3-9,18H,16-17H2,1-2H3. The minimum Gasteiger partial charge on any atom is -0.475 e. The molecule has 20 heavy (non-hydrogen) atoms. The SMILES string of the molecule is CC(C)Oc1ccc(C(=N)c2cc(N)ccc2N)cn1. The third-order valence-electron chi connectivity index (χ3n) is 2.73. The fourth-order valence-corrected chi connectivity index (χ4v) is 1.79. The number of nitrogen functional groups attached to an aromatic ring is 2. The summed E-state index contributed by atoms with van der Waals surface area (Å²) in [5.41, 5.74) is 14.3. The van der Waals surface area contributed by atoms with Gasteiger partial charge in [0.2, 0.25) is 5.88 Å². The molecule has 5 N–H and O–H groups in total. The average Bonchev–Trinajstić information content (AvgIpc) is 2.41. The van der Waals surface area contributed by atoms with Crippen LogP contribution < -0.4 is 16.2 Å². The zero-order valence-corrected chi connectivity index (χ0v) is 11.6. The van der Waals surface area contributed by atoms with Gasteiger partial charge in [-0.3, -0.25) is 5.41 Å². The lowest BCUT2D eigenvalue weighted by molar-refractivity contribution is 0.232. The number of aromatic nitrogens is 1. The molecule has 104 valence electrons. The van der Waals surface area contributed by atoms with Gasteiger partial charge in [0.1, 0.15) is 0 Å². The van der Waals surface area contributed by atoms with Crippen molar-refractivity contribution in [2.45, 2.75) is 20.0 Å². The highest BCUT2D eigenvalue weighted by molar-refractivity contribution is 6.14. The lowest BCUT2D eigenvalue weighted by Crippen LogP contribution is -2.09. The Hall–Kier alpha value is -2.56. The Morgan fingerprint density at radius 3 is 2.55 bits per heavy atom. The van der Waals surface area contributed by atoms with Crippen LogP contribution in [0.5, 0.6) is 5.88 Å². The largest absolute Gasteiger partial charge is 0.475 e. The van der Waals surface area contributed by atoms with Gasteiger partial charge in [0.05, 0.1) is 11.8 Å². The Balaban J connectivity index is 2.27. The molecule has 0 saturated heterocycles. The average molecular weight is 270 g/mol. The maximum absolute atomic E-state index is 8.20. The molecule has 0 saturated carbocycles. The summed E-state index contributed by atoms with van der Waals surface area (Å²) in [5, 5.41) is 8.20. The molecule has 5 heteroatoms. The summed E-state index contributed by atoms with van der Waals surface area (Å²) in [5.74, 6) is 0.539. The van der Waals surface area contributed by atoms with E-state index in [1.807, 2.05) is 13.8 Å². The van der Waals surface area contributed by atoms with E-state index in [9.17, 15) is 0 Å². The summed E-state index contributed by atoms with van der Waals surface area (Å²) in [7, 11) is 0. The van der Waals surface area contributed by atoms with Crippen molar-refractivity contribution in [3.05, 3.63) is 47.7 Å². The highest BCUT2D eigenvalue weighted by Gasteiger charge is 2.10. The number of rotatable bonds is 4. The summed E-state index contributed by atoms with van der Waals surface area (Å²) in [6.07, 6.45) is 1.67. The lowest BCUT2D eigenvalue weighted by atomic mass is 10.0. The van der Waals surface area contributed by atoms with Crippen LogP contribution in [0.1, 0.15) is 25.0 Å². The van der Waals surface area contributed by atoms with Crippen molar-refractivity contribution in [2.75, 3.05) is 11.5 Å². The van der Waals surface area contributed by atoms with E-state index in [1.165, 1.54) is 0 Å². The molecule has 0 atom stereocenters. The second-order valence-corrected chi connectivity index (χ2v) is 4.77. The Morgan fingerprint density at radius 2 is 1.95 bits per heavy atom. The zero-order chi connectivity index (χ0) is 14.7. The van der Waals surface area contributed by atoms with E-state index < -0.39 is 0 Å². The smallest absolute Gasteiger partial charge is 0.213 e. The van der Waals surface area contributed by atoms with Gasteiger partial charge in [0, 0.05) is 34.8 Å². The van der Waals surface area contributed by atoms with Crippen molar-refractivity contribution >= 4 is 17.1 Å². The van der Waals surface area contributed by atoms with Gasteiger partial charge in [-0.05, 0) is 38.1 Å². The Morgan fingerprint density at radius 1 is 1.20 bits per heavy atom. The normalized spacial score (nSPS) is 10.6. The highest BCUT2D eigenvalue weighted by atomic mass is 16.5. The fourth-order valence-electron chi connectivity index (χ4n) is 1.79. The van der Waals surface area contributed by atoms with E-state index in [0.29, 0.717) is 34.1 Å². The van der Waals surface area contributed by atoms with Gasteiger partial charge in [-0.15, -0.1) is 0 Å². The second-order valence-electron chi connectivity index (χ2n) is 4.77. The number of ether oxygens (including phenoxy) is 1. The predicted octanol–water partition coefficient (Wildman–Crippen LogP) is 2.45. The second kappa shape index (κ2) is 5.61. The molecule has 2 aromatic rings. The third kappa shape index (κ3) is 3.06. The molecule has 1 aromatic carbocycles. The Labute approximate surface area is 118 Å². The van der Waals surface area contributed by atoms with E-state index in [-0.39, 0.29) is 6.10 Å². The summed E-state index contributed by atoms with van der Waals surface area (Å²) in [4.78, 5) is 4.18. The molecule has 0 aliphatic carbocycles. The van der Waals surface area contributed by atoms with Crippen LogP contribution in [0.3, 0.4) is 0 Å². The minimum absolute atomic E-state index is 0.0670. The lowest BCUT2D eigenvalue weighted by Gasteiger charge is -2.11. The summed E-state index contributed by atoms with van der Waals surface area (Å²) >= 11 is 0. The monoisotopic (exact) mass is 270 g/mol. The Kier molecular flexibility index (Phi) is 3.89. The molecule has 0 spiro atoms. The van der Waals surface area contributed by atoms with Crippen molar-refractivity contribution in [3.8, 4) is 5.88 Å². The van der Waals surface area contributed by atoms with Gasteiger partial charge in [0.15, 0.2) is 0 Å². The predicted molar refractivity (Wildman–Crippen MR) is 81.2 cm³/mol. The topological polar surface area (TPSA) is 98.0 Å². The van der Waals surface area contributed by atoms with Gasteiger partial charge >= 0.3 is 0 Å². The fraction of sp³-hybridized carbons (Fsp3) is 0.200. The number of hydrogen-bond donors (Lipinski definition) is 3. The molecule has 0 radical (unpaired) electrons. The molecule has 5 nitrogen and oxygen atoms in total. The molecule has 2 rings (SSSR count). The van der Waals surface area contributed by atoms with E-state index in [2.05, 4.69) is 4.98 Å². The van der Waals surface area contributed by atoms with Crippen LogP contribution >= 0.6 is 0 Å². The third-order valence-corrected chi connectivity index (χ3v) is 2.73. The molecular formula is C15H18N4O. The maximum Gasteiger partial charge on any atom is 0.213 e. The van der Waals surface area contributed by atoms with Crippen LogP contribution in [0, 0.1) is 5.41 Å². The van der Waals surface area contributed by atoms with Gasteiger partial charge in [-0.25, -0.2) is 4.98 Å². The molecule has 1 heterocycles. The molecule has 0 fully saturated rings. The first-order valence-electron chi connectivity index (χ1n) is 6.34. The van der Waals surface area contributed by atoms with Gasteiger partial charge in [-0.1, -0.05) is 0 Å². The van der Waals surface area contributed by atoms with E-state index in [1.54, 1.807) is 36.5 Å². The number of anilines is 2. The molecule has 0 bridgehead atoms. The molecule has 0 unspecified atom stereocenters. The minimum atomic E-state index is 0.0670. The van der Waals surface area contributed by atoms with Crippen LogP contribution in [0.25, 0.3) is 0 Å². The van der Waals surface area contributed by atoms with Crippen molar-refractivity contribution in [1.82, 2.24) is 4.98 Å². The molecule has 0 aliphatic rings. The molecule has 0 aliphatic heterocycles. The van der Waals surface area contributed by atoms with Crippen molar-refractivity contribution in [3.63, 3.8) is 0 Å². The van der Waals surface area contributed by atoms with Gasteiger partial charge in [-0.2, -0.15) is 0 Å². The van der Waals surface area contributed by atoms with Crippen molar-refractivity contribution in [1.29, 1.82) is 5.41 Å². The van der Waals surface area contributed by atoms with E-state index >= 15 is 0 Å². The first kappa shape index (κ1) is 13.9. The van der Waals surface area contributed by atoms with E-state index in [0.717, 1.165) is 0 Å². The highest BCUT2D eigenvalue weighted by Crippen LogP contribution is 2.20. The number of nitrogens with two attached hydrogens (primary N) is 2. The number of nitrogens with zero attached hydrogens (tertiary/aromatic N) is 1. The summed E-state index contributed by atoms with van der Waals surface area (Å²) in [6, 6.07) is 8.63. The van der Waals surface area contributed by atoms with Crippen molar-refractivity contribution < 1.29 is 4.74 Å². The Bertz CT molecular complexity index is 620. The quantitative estimate of drug-likeness (QED) is 0.587. The summed E-state index contributed by atoms with van der Waals surface area (Å²) in [6.45, 7) is 3.87. The van der Waals surface area contributed by atoms with Gasteiger partial charge in [0.25, 0.3) is 0 Å². The van der Waals surface area contributed by atoms with Crippen LogP contribution in [-0.2, 0) is 0 Å². The van der Waals surface area contributed by atoms with Gasteiger partial charge < -0.3 is 16.2 Å². The molecule has 1 aromatic heterocycles. The molecule has 0 amide bonds. The van der Waals surface area contributed by atoms with E-state index in [4.69, 9.17) is 21.6 Å². The number of nitrogens with one attached hydrogen (secondary N) is 1. The van der Waals surface area contributed by atoms with Crippen LogP contribution in [0.4, 0.5) is 11.4 Å². The van der Waals surface area contributed by atoms with Crippen LogP contribution in [-0.4, -0.2) is 16.8 Å². The number of benzene rings is 1. The first-order valence-corrected chi connectivity index (χ1v) is 6.34. The summed E-state index contributed by atoms with van der Waals surface area (Å²) < 4.78 is 5.47. The maximum atomic E-state index is 8.20. The van der Waals surface area contributed by atoms with Crippen molar-refractivity contribution in [2.24, 2.45) is 0 Å². The number of hydrogen-bond acceptors (Lipinski definition) is 5. The number of pyridine rings is 1. The first-order chi connectivity index (χ1) is 9.47.